The van der Waals surface area contributed by atoms with Crippen LogP contribution >= 0.6 is 11.8 Å². The van der Waals surface area contributed by atoms with Gasteiger partial charge in [-0.3, -0.25) is 10.1 Å². The van der Waals surface area contributed by atoms with E-state index in [1.165, 1.54) is 28.8 Å². The standard InChI is InChI=1S/C21H21FN4O2S/c1-13-4-3-5-15(10-13)11-26-17-18(25(2)20(28)24-19(17)27)23-21(26)29-12-14-6-8-16(22)9-7-14/h3-10,17-18H,11-12H2,1-2H3,(H,24,27,28). The van der Waals surface area contributed by atoms with Crippen molar-refractivity contribution in [3.8, 4) is 0 Å². The lowest BCUT2D eigenvalue weighted by atomic mass is 10.1. The summed E-state index contributed by atoms with van der Waals surface area (Å²) in [6.07, 6.45) is -0.559. The van der Waals surface area contributed by atoms with Crippen LogP contribution in [-0.2, 0) is 17.1 Å². The van der Waals surface area contributed by atoms with Gasteiger partial charge in [-0.15, -0.1) is 0 Å². The quantitative estimate of drug-likeness (QED) is 0.838. The van der Waals surface area contributed by atoms with E-state index >= 15 is 0 Å². The predicted molar refractivity (Wildman–Crippen MR) is 111 cm³/mol. The van der Waals surface area contributed by atoms with Crippen LogP contribution in [0.3, 0.4) is 0 Å². The van der Waals surface area contributed by atoms with Crippen molar-refractivity contribution in [2.75, 3.05) is 7.05 Å². The molecule has 0 bridgehead atoms. The average Bonchev–Trinajstić information content (AvgIpc) is 3.05. The summed E-state index contributed by atoms with van der Waals surface area (Å²) >= 11 is 1.48. The molecule has 2 unspecified atom stereocenters. The first-order valence-electron chi connectivity index (χ1n) is 9.27. The van der Waals surface area contributed by atoms with E-state index in [-0.39, 0.29) is 11.7 Å². The Labute approximate surface area is 172 Å². The molecule has 0 saturated carbocycles. The molecule has 2 atom stereocenters. The highest BCUT2D eigenvalue weighted by Crippen LogP contribution is 2.31. The average molecular weight is 412 g/mol. The zero-order valence-corrected chi connectivity index (χ0v) is 16.9. The molecule has 1 saturated heterocycles. The number of halogens is 1. The molecule has 0 aliphatic carbocycles. The summed E-state index contributed by atoms with van der Waals surface area (Å²) in [7, 11) is 1.64. The molecular weight excluding hydrogens is 391 g/mol. The third-order valence-electron chi connectivity index (χ3n) is 5.04. The number of carbonyl (C=O) groups excluding carboxylic acids is 2. The predicted octanol–water partition coefficient (Wildman–Crippen LogP) is 3.12. The Morgan fingerprint density at radius 3 is 2.62 bits per heavy atom. The van der Waals surface area contributed by atoms with Crippen LogP contribution < -0.4 is 5.32 Å². The zero-order chi connectivity index (χ0) is 20.5. The number of aliphatic imine (C=N–C) groups is 1. The maximum atomic E-state index is 13.2. The Morgan fingerprint density at radius 2 is 1.90 bits per heavy atom. The number of likely N-dealkylation sites (N-methyl/N-ethyl adjacent to an activating group) is 1. The van der Waals surface area contributed by atoms with Crippen molar-refractivity contribution in [2.45, 2.75) is 31.4 Å². The van der Waals surface area contributed by atoms with Gasteiger partial charge in [-0.05, 0) is 30.2 Å². The molecule has 6 nitrogen and oxygen atoms in total. The van der Waals surface area contributed by atoms with E-state index in [2.05, 4.69) is 11.4 Å². The van der Waals surface area contributed by atoms with E-state index in [4.69, 9.17) is 4.99 Å². The first-order chi connectivity index (χ1) is 13.9. The lowest BCUT2D eigenvalue weighted by molar-refractivity contribution is -0.127. The first-order valence-corrected chi connectivity index (χ1v) is 10.3. The Morgan fingerprint density at radius 1 is 1.14 bits per heavy atom. The molecule has 0 radical (unpaired) electrons. The second-order valence-electron chi connectivity index (χ2n) is 7.21. The summed E-state index contributed by atoms with van der Waals surface area (Å²) in [6.45, 7) is 2.53. The molecule has 1 N–H and O–H groups in total. The van der Waals surface area contributed by atoms with Crippen LogP contribution in [0.15, 0.2) is 53.5 Å². The van der Waals surface area contributed by atoms with Crippen molar-refractivity contribution in [1.29, 1.82) is 0 Å². The van der Waals surface area contributed by atoms with Gasteiger partial charge in [0, 0.05) is 19.3 Å². The van der Waals surface area contributed by atoms with E-state index in [0.29, 0.717) is 17.5 Å². The third kappa shape index (κ3) is 3.98. The first kappa shape index (κ1) is 19.4. The number of thioether (sulfide) groups is 1. The Hall–Kier alpha value is -2.87. The lowest BCUT2D eigenvalue weighted by Crippen LogP contribution is -2.63. The number of fused-ring (bicyclic) bond motifs is 1. The highest BCUT2D eigenvalue weighted by molar-refractivity contribution is 8.13. The molecule has 2 aromatic carbocycles. The van der Waals surface area contributed by atoms with E-state index < -0.39 is 18.2 Å². The van der Waals surface area contributed by atoms with Gasteiger partial charge in [-0.1, -0.05) is 53.7 Å². The van der Waals surface area contributed by atoms with E-state index in [1.54, 1.807) is 19.2 Å². The van der Waals surface area contributed by atoms with Crippen LogP contribution in [0.5, 0.6) is 0 Å². The van der Waals surface area contributed by atoms with E-state index in [0.717, 1.165) is 16.7 Å². The monoisotopic (exact) mass is 412 g/mol. The van der Waals surface area contributed by atoms with Gasteiger partial charge < -0.3 is 9.80 Å². The van der Waals surface area contributed by atoms with Gasteiger partial charge in [0.2, 0.25) is 0 Å². The van der Waals surface area contributed by atoms with Gasteiger partial charge in [0.25, 0.3) is 5.91 Å². The maximum absolute atomic E-state index is 13.2. The van der Waals surface area contributed by atoms with Gasteiger partial charge in [0.1, 0.15) is 5.82 Å². The molecule has 2 aliphatic rings. The van der Waals surface area contributed by atoms with E-state index in [9.17, 15) is 14.0 Å². The Balaban J connectivity index is 1.60. The van der Waals surface area contributed by atoms with Crippen molar-refractivity contribution in [3.05, 3.63) is 71.0 Å². The maximum Gasteiger partial charge on any atom is 0.325 e. The molecule has 150 valence electrons. The summed E-state index contributed by atoms with van der Waals surface area (Å²) in [5.74, 6) is -0.0324. The molecular formula is C21H21FN4O2S. The minimum Gasteiger partial charge on any atom is -0.331 e. The van der Waals surface area contributed by atoms with Crippen molar-refractivity contribution in [1.82, 2.24) is 15.1 Å². The number of imide groups is 1. The zero-order valence-electron chi connectivity index (χ0n) is 16.1. The molecule has 2 aromatic rings. The minimum atomic E-state index is -0.575. The fraction of sp³-hybridized carbons (Fsp3) is 0.286. The van der Waals surface area contributed by atoms with Gasteiger partial charge in [-0.2, -0.15) is 0 Å². The highest BCUT2D eigenvalue weighted by atomic mass is 32.2. The fourth-order valence-corrected chi connectivity index (χ4v) is 4.54. The van der Waals surface area contributed by atoms with Crippen LogP contribution in [0.25, 0.3) is 0 Å². The number of amides is 3. The Bertz CT molecular complexity index is 979. The fourth-order valence-electron chi connectivity index (χ4n) is 3.52. The number of benzene rings is 2. The second kappa shape index (κ2) is 7.87. The number of nitrogens with one attached hydrogen (secondary N) is 1. The molecule has 8 heteroatoms. The smallest absolute Gasteiger partial charge is 0.325 e. The molecule has 3 amide bonds. The number of amidine groups is 1. The van der Waals surface area contributed by atoms with E-state index in [1.807, 2.05) is 30.0 Å². The van der Waals surface area contributed by atoms with Crippen LogP contribution in [0.4, 0.5) is 9.18 Å². The number of nitrogens with zero attached hydrogens (tertiary/aromatic N) is 3. The molecule has 0 spiro atoms. The summed E-state index contributed by atoms with van der Waals surface area (Å²) in [5.41, 5.74) is 3.16. The second-order valence-corrected chi connectivity index (χ2v) is 8.15. The molecule has 2 heterocycles. The normalized spacial score (nSPS) is 21.1. The minimum absolute atomic E-state index is 0.277. The van der Waals surface area contributed by atoms with Crippen molar-refractivity contribution >= 4 is 28.9 Å². The summed E-state index contributed by atoms with van der Waals surface area (Å²) in [4.78, 5) is 32.8. The molecule has 29 heavy (non-hydrogen) atoms. The SMILES string of the molecule is Cc1cccc(CN2C(SCc3ccc(F)cc3)=NC3C2C(=O)NC(=O)N3C)c1. The Kier molecular flexibility index (Phi) is 5.27. The number of urea groups is 1. The largest absolute Gasteiger partial charge is 0.331 e. The topological polar surface area (TPSA) is 65.0 Å². The van der Waals surface area contributed by atoms with Gasteiger partial charge in [0.05, 0.1) is 0 Å². The van der Waals surface area contributed by atoms with Gasteiger partial charge in [0.15, 0.2) is 17.4 Å². The number of aryl methyl sites for hydroxylation is 1. The highest BCUT2D eigenvalue weighted by Gasteiger charge is 2.48. The summed E-state index contributed by atoms with van der Waals surface area (Å²) in [5, 5.41) is 3.11. The van der Waals surface area contributed by atoms with Crippen molar-refractivity contribution < 1.29 is 14.0 Å². The number of carbonyl (C=O) groups is 2. The number of rotatable bonds is 4. The molecule has 1 fully saturated rings. The summed E-state index contributed by atoms with van der Waals surface area (Å²) < 4.78 is 13.2. The van der Waals surface area contributed by atoms with Gasteiger partial charge >= 0.3 is 6.03 Å². The van der Waals surface area contributed by atoms with Crippen LogP contribution in [0.2, 0.25) is 0 Å². The lowest BCUT2D eigenvalue weighted by Gasteiger charge is -2.36. The van der Waals surface area contributed by atoms with Crippen molar-refractivity contribution in [3.63, 3.8) is 0 Å². The molecule has 4 rings (SSSR count). The van der Waals surface area contributed by atoms with Crippen LogP contribution in [-0.4, -0.2) is 46.2 Å². The third-order valence-corrected chi connectivity index (χ3v) is 6.11. The molecule has 0 aromatic heterocycles. The van der Waals surface area contributed by atoms with Crippen LogP contribution in [0, 0.1) is 12.7 Å². The van der Waals surface area contributed by atoms with Crippen LogP contribution in [0.1, 0.15) is 16.7 Å². The van der Waals surface area contributed by atoms with Gasteiger partial charge in [-0.25, -0.2) is 14.2 Å². The number of hydrogen-bond donors (Lipinski definition) is 1. The number of hydrogen-bond acceptors (Lipinski definition) is 5. The molecule has 2 aliphatic heterocycles. The summed E-state index contributed by atoms with van der Waals surface area (Å²) in [6, 6.07) is 13.4. The van der Waals surface area contributed by atoms with Crippen molar-refractivity contribution in [2.24, 2.45) is 4.99 Å².